The van der Waals surface area contributed by atoms with Gasteiger partial charge in [-0.25, -0.2) is 0 Å². The van der Waals surface area contributed by atoms with Crippen molar-refractivity contribution in [1.29, 1.82) is 0 Å². The molecule has 8 aromatic rings. The molecular formula is C48H37BN2O. The van der Waals surface area contributed by atoms with Gasteiger partial charge in [-0.05, 0) is 81.7 Å². The Labute approximate surface area is 304 Å². The second-order valence-electron chi connectivity index (χ2n) is 15.7. The molecule has 0 amide bonds. The maximum Gasteiger partial charge on any atom is 0.251 e. The zero-order valence-corrected chi connectivity index (χ0v) is 29.8. The molecule has 11 rings (SSSR count). The first-order valence-electron chi connectivity index (χ1n) is 18.4. The molecule has 1 aromatic heterocycles. The number of benzene rings is 7. The molecule has 3 aliphatic heterocycles. The van der Waals surface area contributed by atoms with Gasteiger partial charge in [0.25, 0.3) is 6.71 Å². The number of hydrogen-bond donors (Lipinski definition) is 0. The van der Waals surface area contributed by atoms with Gasteiger partial charge < -0.3 is 14.2 Å². The van der Waals surface area contributed by atoms with Crippen LogP contribution in [-0.2, 0) is 10.8 Å². The van der Waals surface area contributed by atoms with Gasteiger partial charge in [-0.2, -0.15) is 0 Å². The fourth-order valence-corrected chi connectivity index (χ4v) is 9.98. The lowest BCUT2D eigenvalue weighted by Crippen LogP contribution is -2.62. The van der Waals surface area contributed by atoms with E-state index in [0.717, 1.165) is 22.9 Å². The molecule has 0 saturated heterocycles. The third-order valence-electron chi connectivity index (χ3n) is 12.3. The number of hydrogen-bond acceptors (Lipinski definition) is 2. The lowest BCUT2D eigenvalue weighted by atomic mass is 9.30. The lowest BCUT2D eigenvalue weighted by molar-refractivity contribution is 0.484. The molecule has 0 saturated carbocycles. The van der Waals surface area contributed by atoms with Gasteiger partial charge >= 0.3 is 0 Å². The van der Waals surface area contributed by atoms with E-state index in [1.165, 1.54) is 71.8 Å². The highest BCUT2D eigenvalue weighted by atomic mass is 16.5. The lowest BCUT2D eigenvalue weighted by Gasteiger charge is -2.42. The van der Waals surface area contributed by atoms with Gasteiger partial charge in [-0.3, -0.25) is 0 Å². The number of aromatic nitrogens is 1. The molecule has 0 aliphatic carbocycles. The standard InChI is InChI=1S/C48H37BN2O/c1-47(2)33-19-9-11-21-36(33)49-37-22-12-15-25-42(37)52-43-29-31(28-35(47)46(43)49)51-38-23-13-8-18-32(38)44-40(51)26-27-41-45(44)48(3,4)34-20-10-14-24-39(34)50(41)30-16-6-5-7-17-30/h5-29H,1-4H3. The Kier molecular flexibility index (Phi) is 5.88. The van der Waals surface area contributed by atoms with Crippen molar-refractivity contribution in [3.8, 4) is 17.2 Å². The molecule has 4 heteroatoms. The molecule has 4 heterocycles. The molecule has 0 N–H and O–H groups in total. The average Bonchev–Trinajstić information content (AvgIpc) is 3.51. The molecule has 0 unspecified atom stereocenters. The van der Waals surface area contributed by atoms with E-state index in [2.05, 4.69) is 189 Å². The molecule has 0 radical (unpaired) electrons. The number of nitrogens with zero attached hydrogens (tertiary/aromatic N) is 2. The summed E-state index contributed by atoms with van der Waals surface area (Å²) in [6.45, 7) is 9.67. The number of para-hydroxylation sites is 4. The molecule has 0 fully saturated rings. The van der Waals surface area contributed by atoms with E-state index in [-0.39, 0.29) is 17.5 Å². The second-order valence-corrected chi connectivity index (χ2v) is 15.7. The molecule has 248 valence electrons. The molecule has 3 nitrogen and oxygen atoms in total. The molecule has 3 aliphatic rings. The summed E-state index contributed by atoms with van der Waals surface area (Å²) in [5, 5.41) is 2.56. The quantitative estimate of drug-likeness (QED) is 0.171. The van der Waals surface area contributed by atoms with Crippen molar-refractivity contribution in [3.05, 3.63) is 174 Å². The van der Waals surface area contributed by atoms with Gasteiger partial charge in [0.2, 0.25) is 0 Å². The summed E-state index contributed by atoms with van der Waals surface area (Å²) >= 11 is 0. The largest absolute Gasteiger partial charge is 0.458 e. The first-order chi connectivity index (χ1) is 25.3. The number of ether oxygens (including phenoxy) is 1. The number of rotatable bonds is 2. The fourth-order valence-electron chi connectivity index (χ4n) is 9.98. The molecular weight excluding hydrogens is 631 g/mol. The van der Waals surface area contributed by atoms with E-state index < -0.39 is 0 Å². The van der Waals surface area contributed by atoms with E-state index >= 15 is 0 Å². The average molecular weight is 669 g/mol. The van der Waals surface area contributed by atoms with Crippen molar-refractivity contribution in [1.82, 2.24) is 4.57 Å². The summed E-state index contributed by atoms with van der Waals surface area (Å²) in [5.74, 6) is 1.89. The minimum atomic E-state index is -0.251. The summed E-state index contributed by atoms with van der Waals surface area (Å²) in [5.41, 5.74) is 16.0. The van der Waals surface area contributed by atoms with Crippen LogP contribution in [0.15, 0.2) is 152 Å². The van der Waals surface area contributed by atoms with E-state index in [4.69, 9.17) is 4.74 Å². The maximum absolute atomic E-state index is 6.90. The Morgan fingerprint density at radius 1 is 0.500 bits per heavy atom. The number of fused-ring (bicyclic) bond motifs is 10. The summed E-state index contributed by atoms with van der Waals surface area (Å²) in [6.07, 6.45) is 0. The van der Waals surface area contributed by atoms with E-state index in [9.17, 15) is 0 Å². The highest BCUT2D eigenvalue weighted by Gasteiger charge is 2.45. The molecule has 0 bridgehead atoms. The van der Waals surface area contributed by atoms with Gasteiger partial charge in [0.1, 0.15) is 11.5 Å². The summed E-state index contributed by atoms with van der Waals surface area (Å²) in [7, 11) is 0. The molecule has 0 atom stereocenters. The van der Waals surface area contributed by atoms with Gasteiger partial charge in [-0.15, -0.1) is 0 Å². The van der Waals surface area contributed by atoms with Crippen LogP contribution in [0.3, 0.4) is 0 Å². The van der Waals surface area contributed by atoms with Gasteiger partial charge in [0.05, 0.1) is 28.1 Å². The van der Waals surface area contributed by atoms with Crippen molar-refractivity contribution in [3.63, 3.8) is 0 Å². The Hall–Kier alpha value is -6.00. The van der Waals surface area contributed by atoms with Crippen molar-refractivity contribution >= 4 is 62.0 Å². The van der Waals surface area contributed by atoms with Crippen LogP contribution >= 0.6 is 0 Å². The van der Waals surface area contributed by atoms with Gasteiger partial charge in [0.15, 0.2) is 0 Å². The van der Waals surface area contributed by atoms with Crippen LogP contribution in [0.4, 0.5) is 17.1 Å². The third kappa shape index (κ3) is 3.77. The van der Waals surface area contributed by atoms with Gasteiger partial charge in [-0.1, -0.05) is 130 Å². The van der Waals surface area contributed by atoms with Crippen LogP contribution in [0.1, 0.15) is 49.9 Å². The summed E-state index contributed by atoms with van der Waals surface area (Å²) < 4.78 is 9.39. The molecule has 52 heavy (non-hydrogen) atoms. The Morgan fingerprint density at radius 3 is 2.04 bits per heavy atom. The van der Waals surface area contributed by atoms with E-state index in [1.54, 1.807) is 0 Å². The van der Waals surface area contributed by atoms with Crippen molar-refractivity contribution < 1.29 is 4.74 Å². The first kappa shape index (κ1) is 29.7. The summed E-state index contributed by atoms with van der Waals surface area (Å²) in [6, 6.07) is 55.7. The zero-order valence-electron chi connectivity index (χ0n) is 29.8. The molecule has 7 aromatic carbocycles. The minimum absolute atomic E-state index is 0.128. The van der Waals surface area contributed by atoms with Crippen LogP contribution in [0.5, 0.6) is 11.5 Å². The Bertz CT molecular complexity index is 2790. The minimum Gasteiger partial charge on any atom is -0.458 e. The predicted octanol–water partition coefficient (Wildman–Crippen LogP) is 10.2. The Morgan fingerprint density at radius 2 is 1.19 bits per heavy atom. The van der Waals surface area contributed by atoms with E-state index in [0.29, 0.717) is 0 Å². The Balaban J connectivity index is 1.22. The van der Waals surface area contributed by atoms with Crippen LogP contribution in [0.25, 0.3) is 27.5 Å². The van der Waals surface area contributed by atoms with Crippen molar-refractivity contribution in [2.24, 2.45) is 0 Å². The maximum atomic E-state index is 6.90. The predicted molar refractivity (Wildman–Crippen MR) is 217 cm³/mol. The van der Waals surface area contributed by atoms with Gasteiger partial charge in [0, 0.05) is 33.4 Å². The zero-order chi connectivity index (χ0) is 34.9. The highest BCUT2D eigenvalue weighted by Crippen LogP contribution is 2.55. The third-order valence-corrected chi connectivity index (χ3v) is 12.3. The monoisotopic (exact) mass is 668 g/mol. The normalized spacial score (nSPS) is 15.7. The number of anilines is 3. The molecule has 0 spiro atoms. The SMILES string of the molecule is CC1(C)c2ccccc2B2c3ccccc3Oc3cc(-n4c5ccccc5c5c6c(ccc54)N(c4ccccc4)c4ccccc4C6(C)C)cc1c32. The highest BCUT2D eigenvalue weighted by molar-refractivity contribution is 6.98. The van der Waals surface area contributed by atoms with Crippen molar-refractivity contribution in [2.45, 2.75) is 38.5 Å². The topological polar surface area (TPSA) is 17.4 Å². The van der Waals surface area contributed by atoms with Crippen LogP contribution in [-0.4, -0.2) is 11.3 Å². The summed E-state index contributed by atoms with van der Waals surface area (Å²) in [4.78, 5) is 2.45. The van der Waals surface area contributed by atoms with Crippen LogP contribution < -0.4 is 26.0 Å². The van der Waals surface area contributed by atoms with Crippen LogP contribution in [0, 0.1) is 0 Å². The first-order valence-corrected chi connectivity index (χ1v) is 18.4. The fraction of sp³-hybridized carbons (Fsp3) is 0.125. The van der Waals surface area contributed by atoms with Crippen molar-refractivity contribution in [2.75, 3.05) is 4.90 Å². The van der Waals surface area contributed by atoms with E-state index in [1.807, 2.05) is 0 Å². The smallest absolute Gasteiger partial charge is 0.251 e. The second kappa shape index (κ2) is 10.3. The van der Waals surface area contributed by atoms with Crippen LogP contribution in [0.2, 0.25) is 0 Å².